The summed E-state index contributed by atoms with van der Waals surface area (Å²) in [6.07, 6.45) is -0.747. The molecule has 0 saturated heterocycles. The van der Waals surface area contributed by atoms with Crippen LogP contribution >= 0.6 is 11.8 Å². The fraction of sp³-hybridized carbons (Fsp3) is 0.308. The Labute approximate surface area is 124 Å². The Bertz CT molecular complexity index is 767. The number of aromatic nitrogens is 3. The number of hydrogen-bond donors (Lipinski definition) is 2. The third-order valence-corrected chi connectivity index (χ3v) is 3.94. The lowest BCUT2D eigenvalue weighted by Crippen LogP contribution is -2.33. The van der Waals surface area contributed by atoms with E-state index in [1.165, 1.54) is 11.8 Å². The van der Waals surface area contributed by atoms with Crippen LogP contribution in [0.1, 0.15) is 18.6 Å². The summed E-state index contributed by atoms with van der Waals surface area (Å²) in [4.78, 5) is 27.0. The van der Waals surface area contributed by atoms with Gasteiger partial charge < -0.3 is 9.84 Å². The van der Waals surface area contributed by atoms with E-state index in [9.17, 15) is 14.7 Å². The maximum Gasteiger partial charge on any atom is 0.339 e. The van der Waals surface area contributed by atoms with E-state index in [0.717, 1.165) is 11.8 Å². The highest BCUT2D eigenvalue weighted by atomic mass is 32.2. The number of aliphatic hydroxyl groups excluding tert-OH is 1. The molecule has 1 aromatic carbocycles. The van der Waals surface area contributed by atoms with Gasteiger partial charge in [-0.25, -0.2) is 0 Å². The summed E-state index contributed by atoms with van der Waals surface area (Å²) in [5, 5.41) is 12.6. The molecule has 0 saturated carbocycles. The zero-order chi connectivity index (χ0) is 15.6. The van der Waals surface area contributed by atoms with E-state index >= 15 is 0 Å². The van der Waals surface area contributed by atoms with Crippen LogP contribution in [0.3, 0.4) is 0 Å². The second kappa shape index (κ2) is 6.15. The number of aliphatic hydroxyl groups is 1. The summed E-state index contributed by atoms with van der Waals surface area (Å²) < 4.78 is 6.60. The lowest BCUT2D eigenvalue weighted by molar-refractivity contribution is 0.191. The van der Waals surface area contributed by atoms with Crippen LogP contribution in [-0.2, 0) is 7.05 Å². The molecule has 2 rings (SSSR count). The van der Waals surface area contributed by atoms with E-state index in [1.54, 1.807) is 32.2 Å². The number of H-pyrrole nitrogens is 1. The van der Waals surface area contributed by atoms with Crippen LogP contribution in [0.5, 0.6) is 5.75 Å². The van der Waals surface area contributed by atoms with Gasteiger partial charge in [0.25, 0.3) is 0 Å². The van der Waals surface area contributed by atoms with Crippen molar-refractivity contribution in [2.45, 2.75) is 23.1 Å². The molecule has 8 heteroatoms. The zero-order valence-electron chi connectivity index (χ0n) is 11.8. The molecule has 112 valence electrons. The molecule has 1 aromatic heterocycles. The minimum atomic E-state index is -0.850. The minimum Gasteiger partial charge on any atom is -0.496 e. The first-order chi connectivity index (χ1) is 9.93. The molecule has 21 heavy (non-hydrogen) atoms. The van der Waals surface area contributed by atoms with Crippen molar-refractivity contribution in [3.05, 3.63) is 44.5 Å². The maximum absolute atomic E-state index is 11.4. The number of nitrogens with one attached hydrogen (secondary N) is 1. The van der Waals surface area contributed by atoms with E-state index in [-0.39, 0.29) is 0 Å². The van der Waals surface area contributed by atoms with Gasteiger partial charge in [0.2, 0.25) is 0 Å². The molecule has 0 fully saturated rings. The summed E-state index contributed by atoms with van der Waals surface area (Å²) in [5.74, 6) is 0.546. The molecule has 0 radical (unpaired) electrons. The van der Waals surface area contributed by atoms with Crippen LogP contribution < -0.4 is 15.9 Å². The molecule has 1 heterocycles. The Morgan fingerprint density at radius 3 is 2.76 bits per heavy atom. The number of aryl methyl sites for hydroxylation is 1. The van der Waals surface area contributed by atoms with Gasteiger partial charge in [-0.05, 0) is 30.8 Å². The van der Waals surface area contributed by atoms with Crippen molar-refractivity contribution in [1.29, 1.82) is 0 Å². The van der Waals surface area contributed by atoms with Gasteiger partial charge in [0.15, 0.2) is 5.16 Å². The second-order valence-electron chi connectivity index (χ2n) is 4.35. The number of rotatable bonds is 4. The summed E-state index contributed by atoms with van der Waals surface area (Å²) in [6.45, 7) is 1.63. The van der Waals surface area contributed by atoms with Gasteiger partial charge >= 0.3 is 11.1 Å². The molecule has 2 N–H and O–H groups in total. The quantitative estimate of drug-likeness (QED) is 0.806. The third kappa shape index (κ3) is 3.17. The van der Waals surface area contributed by atoms with Crippen molar-refractivity contribution in [2.24, 2.45) is 7.05 Å². The summed E-state index contributed by atoms with van der Waals surface area (Å²) in [5.41, 5.74) is -1.02. The standard InChI is InChI=1S/C13H15N3O4S/c1-7(17)10-8(20-3)5-4-6-9(10)21-13-14-11(18)12(19)15-16(13)2/h4-7,17H,1-3H3,(H,15,19)/t7-/m1/s1. The maximum atomic E-state index is 11.4. The van der Waals surface area contributed by atoms with Gasteiger partial charge in [-0.15, -0.1) is 0 Å². The van der Waals surface area contributed by atoms with E-state index in [1.807, 2.05) is 0 Å². The molecular formula is C13H15N3O4S. The van der Waals surface area contributed by atoms with E-state index in [0.29, 0.717) is 21.4 Å². The van der Waals surface area contributed by atoms with Crippen LogP contribution in [0.15, 0.2) is 37.8 Å². The predicted octanol–water partition coefficient (Wildman–Crippen LogP) is 0.682. The Morgan fingerprint density at radius 2 is 2.14 bits per heavy atom. The molecule has 0 unspecified atom stereocenters. The van der Waals surface area contributed by atoms with Crippen molar-refractivity contribution < 1.29 is 9.84 Å². The normalized spacial score (nSPS) is 12.2. The summed E-state index contributed by atoms with van der Waals surface area (Å²) in [6, 6.07) is 5.30. The van der Waals surface area contributed by atoms with Crippen molar-refractivity contribution in [2.75, 3.05) is 7.11 Å². The van der Waals surface area contributed by atoms with Crippen LogP contribution in [0.2, 0.25) is 0 Å². The Kier molecular flexibility index (Phi) is 4.49. The van der Waals surface area contributed by atoms with Gasteiger partial charge in [-0.1, -0.05) is 6.07 Å². The number of ether oxygens (including phenoxy) is 1. The van der Waals surface area contributed by atoms with Crippen molar-refractivity contribution in [3.63, 3.8) is 0 Å². The van der Waals surface area contributed by atoms with Gasteiger partial charge in [0, 0.05) is 17.5 Å². The largest absolute Gasteiger partial charge is 0.496 e. The highest BCUT2D eigenvalue weighted by Gasteiger charge is 2.16. The topological polar surface area (TPSA) is 97.2 Å². The Morgan fingerprint density at radius 1 is 1.43 bits per heavy atom. The van der Waals surface area contributed by atoms with Crippen LogP contribution in [0.25, 0.3) is 0 Å². The lowest BCUT2D eigenvalue weighted by Gasteiger charge is -2.16. The fourth-order valence-electron chi connectivity index (χ4n) is 1.85. The molecular weight excluding hydrogens is 294 g/mol. The first-order valence-corrected chi connectivity index (χ1v) is 6.96. The minimum absolute atomic E-state index is 0.315. The van der Waals surface area contributed by atoms with Gasteiger partial charge in [-0.2, -0.15) is 4.98 Å². The second-order valence-corrected chi connectivity index (χ2v) is 5.36. The van der Waals surface area contributed by atoms with Crippen LogP contribution in [0, 0.1) is 0 Å². The van der Waals surface area contributed by atoms with Crippen molar-refractivity contribution in [1.82, 2.24) is 14.8 Å². The molecule has 7 nitrogen and oxygen atoms in total. The molecule has 0 aliphatic rings. The monoisotopic (exact) mass is 309 g/mol. The lowest BCUT2D eigenvalue weighted by atomic mass is 10.1. The molecule has 0 amide bonds. The van der Waals surface area contributed by atoms with Gasteiger partial charge in [-0.3, -0.25) is 19.4 Å². The number of methoxy groups -OCH3 is 1. The van der Waals surface area contributed by atoms with Crippen molar-refractivity contribution >= 4 is 11.8 Å². The first-order valence-electron chi connectivity index (χ1n) is 6.14. The fourth-order valence-corrected chi connectivity index (χ4v) is 2.89. The smallest absolute Gasteiger partial charge is 0.339 e. The van der Waals surface area contributed by atoms with Gasteiger partial charge in [0.1, 0.15) is 5.75 Å². The highest BCUT2D eigenvalue weighted by Crippen LogP contribution is 2.37. The van der Waals surface area contributed by atoms with E-state index in [2.05, 4.69) is 10.1 Å². The molecule has 0 aliphatic heterocycles. The third-order valence-electron chi connectivity index (χ3n) is 2.81. The molecule has 0 aliphatic carbocycles. The van der Waals surface area contributed by atoms with Crippen LogP contribution in [-0.4, -0.2) is 27.0 Å². The summed E-state index contributed by atoms with van der Waals surface area (Å²) in [7, 11) is 3.10. The SMILES string of the molecule is COc1cccc(Sc2nc(=O)c(=O)[nH]n2C)c1[C@@H](C)O. The number of aromatic amines is 1. The average molecular weight is 309 g/mol. The number of nitrogens with zero attached hydrogens (tertiary/aromatic N) is 2. The molecule has 1 atom stereocenters. The highest BCUT2D eigenvalue weighted by molar-refractivity contribution is 7.99. The average Bonchev–Trinajstić information content (AvgIpc) is 2.44. The summed E-state index contributed by atoms with van der Waals surface area (Å²) >= 11 is 1.16. The molecule has 0 bridgehead atoms. The Balaban J connectivity index is 2.52. The van der Waals surface area contributed by atoms with Gasteiger partial charge in [0.05, 0.1) is 13.2 Å². The molecule has 0 spiro atoms. The van der Waals surface area contributed by atoms with Crippen LogP contribution in [0.4, 0.5) is 0 Å². The Hall–Kier alpha value is -2.06. The number of hydrogen-bond acceptors (Lipinski definition) is 6. The first kappa shape index (κ1) is 15.3. The van der Waals surface area contributed by atoms with Crippen molar-refractivity contribution in [3.8, 4) is 5.75 Å². The molecule has 2 aromatic rings. The van der Waals surface area contributed by atoms with E-state index in [4.69, 9.17) is 4.74 Å². The number of benzene rings is 1. The zero-order valence-corrected chi connectivity index (χ0v) is 12.6. The predicted molar refractivity (Wildman–Crippen MR) is 77.8 cm³/mol. The van der Waals surface area contributed by atoms with E-state index < -0.39 is 17.2 Å².